The molecule has 0 aromatic heterocycles. The van der Waals surface area contributed by atoms with Gasteiger partial charge in [-0.05, 0) is 38.5 Å². The highest BCUT2D eigenvalue weighted by Gasteiger charge is 2.38. The Labute approximate surface area is 108 Å². The van der Waals surface area contributed by atoms with Crippen molar-refractivity contribution in [3.05, 3.63) is 0 Å². The van der Waals surface area contributed by atoms with Crippen LogP contribution in [0.1, 0.15) is 38.5 Å². The number of aliphatic hydroxyl groups is 6. The number of hydrogen-bond donors (Lipinski definition) is 6. The van der Waals surface area contributed by atoms with Gasteiger partial charge in [0.2, 0.25) is 0 Å². The Kier molecular flexibility index (Phi) is 9.53. The molecule has 0 bridgehead atoms. The van der Waals surface area contributed by atoms with Crippen LogP contribution in [0, 0.1) is 0 Å². The quantitative estimate of drug-likeness (QED) is 0.260. The van der Waals surface area contributed by atoms with Gasteiger partial charge < -0.3 is 30.6 Å². The molecule has 0 rings (SSSR count). The molecule has 3 atom stereocenters. The first-order valence-electron chi connectivity index (χ1n) is 6.43. The maximum Gasteiger partial charge on any atom is 0.116 e. The summed E-state index contributed by atoms with van der Waals surface area (Å²) in [6, 6.07) is 0. The largest absolute Gasteiger partial charge is 0.396 e. The van der Waals surface area contributed by atoms with Crippen LogP contribution < -0.4 is 0 Å². The van der Waals surface area contributed by atoms with Crippen molar-refractivity contribution in [1.82, 2.24) is 0 Å². The Morgan fingerprint density at radius 1 is 0.833 bits per heavy atom. The molecular weight excluding hydrogens is 240 g/mol. The van der Waals surface area contributed by atoms with Crippen LogP contribution in [0.2, 0.25) is 0 Å². The summed E-state index contributed by atoms with van der Waals surface area (Å²) < 4.78 is 0. The molecule has 0 aliphatic carbocycles. The summed E-state index contributed by atoms with van der Waals surface area (Å²) in [6.07, 6.45) is -0.225. The van der Waals surface area contributed by atoms with Gasteiger partial charge in [-0.25, -0.2) is 0 Å². The van der Waals surface area contributed by atoms with Crippen molar-refractivity contribution < 1.29 is 30.6 Å². The van der Waals surface area contributed by atoms with Crippen LogP contribution in [0.3, 0.4) is 0 Å². The highest BCUT2D eigenvalue weighted by Crippen LogP contribution is 2.23. The number of unbranched alkanes of at least 4 members (excludes halogenated alkanes) is 2. The maximum atomic E-state index is 10.1. The zero-order chi connectivity index (χ0) is 14.0. The lowest BCUT2D eigenvalue weighted by atomic mass is 9.86. The van der Waals surface area contributed by atoms with Crippen molar-refractivity contribution in [2.45, 2.75) is 56.3 Å². The molecule has 6 nitrogen and oxygen atoms in total. The molecule has 0 saturated carbocycles. The summed E-state index contributed by atoms with van der Waals surface area (Å²) in [5, 5.41) is 56.0. The highest BCUT2D eigenvalue weighted by atomic mass is 16.4. The topological polar surface area (TPSA) is 121 Å². The van der Waals surface area contributed by atoms with Crippen LogP contribution >= 0.6 is 0 Å². The van der Waals surface area contributed by atoms with Crippen molar-refractivity contribution >= 4 is 0 Å². The molecule has 0 spiro atoms. The normalized spacial score (nSPS) is 18.3. The lowest BCUT2D eigenvalue weighted by Gasteiger charge is -2.34. The van der Waals surface area contributed by atoms with Gasteiger partial charge in [0.15, 0.2) is 0 Å². The fraction of sp³-hybridized carbons (Fsp3) is 1.00. The maximum absolute atomic E-state index is 10.1. The smallest absolute Gasteiger partial charge is 0.116 e. The first kappa shape index (κ1) is 17.8. The van der Waals surface area contributed by atoms with Crippen LogP contribution in [-0.2, 0) is 0 Å². The summed E-state index contributed by atoms with van der Waals surface area (Å²) in [6.45, 7) is -0.642. The highest BCUT2D eigenvalue weighted by molar-refractivity contribution is 4.90. The molecule has 18 heavy (non-hydrogen) atoms. The Bertz CT molecular complexity index is 201. The van der Waals surface area contributed by atoms with Gasteiger partial charge in [0, 0.05) is 13.2 Å². The predicted octanol–water partition coefficient (Wildman–Crippen LogP) is -1.24. The van der Waals surface area contributed by atoms with Gasteiger partial charge in [-0.3, -0.25) is 0 Å². The molecule has 0 amide bonds. The van der Waals surface area contributed by atoms with E-state index in [1.165, 1.54) is 0 Å². The second-order valence-corrected chi connectivity index (χ2v) is 4.67. The average Bonchev–Trinajstić information content (AvgIpc) is 2.38. The second kappa shape index (κ2) is 9.66. The van der Waals surface area contributed by atoms with Crippen molar-refractivity contribution in [1.29, 1.82) is 0 Å². The van der Waals surface area contributed by atoms with E-state index in [-0.39, 0.29) is 26.1 Å². The van der Waals surface area contributed by atoms with Crippen molar-refractivity contribution in [2.75, 3.05) is 19.8 Å². The molecule has 0 heterocycles. The van der Waals surface area contributed by atoms with Crippen LogP contribution in [0.5, 0.6) is 0 Å². The molecule has 0 saturated heterocycles. The monoisotopic (exact) mass is 266 g/mol. The van der Waals surface area contributed by atoms with Gasteiger partial charge in [0.05, 0.1) is 12.7 Å². The van der Waals surface area contributed by atoms with Crippen LogP contribution in [0.4, 0.5) is 0 Å². The van der Waals surface area contributed by atoms with Gasteiger partial charge in [-0.1, -0.05) is 0 Å². The second-order valence-electron chi connectivity index (χ2n) is 4.67. The molecule has 0 aromatic carbocycles. The molecule has 6 N–H and O–H groups in total. The Hall–Kier alpha value is -0.240. The SMILES string of the molecule is OCCCC[C@@H](O)[C@H](O)[C@](O)(CO)CCCCO. The third-order valence-electron chi connectivity index (χ3n) is 3.11. The van der Waals surface area contributed by atoms with Crippen LogP contribution in [-0.4, -0.2) is 68.3 Å². The van der Waals surface area contributed by atoms with Gasteiger partial charge in [0.1, 0.15) is 11.7 Å². The molecule has 0 unspecified atom stereocenters. The average molecular weight is 266 g/mol. The molecule has 0 aliphatic heterocycles. The van der Waals surface area contributed by atoms with Crippen LogP contribution in [0.25, 0.3) is 0 Å². The summed E-state index contributed by atoms with van der Waals surface area (Å²) in [4.78, 5) is 0. The summed E-state index contributed by atoms with van der Waals surface area (Å²) in [7, 11) is 0. The third-order valence-corrected chi connectivity index (χ3v) is 3.11. The van der Waals surface area contributed by atoms with Crippen molar-refractivity contribution in [2.24, 2.45) is 0 Å². The molecule has 0 fully saturated rings. The van der Waals surface area contributed by atoms with E-state index < -0.39 is 24.4 Å². The molecule has 0 aromatic rings. The number of rotatable bonds is 11. The third kappa shape index (κ3) is 6.08. The van der Waals surface area contributed by atoms with Crippen LogP contribution in [0.15, 0.2) is 0 Å². The van der Waals surface area contributed by atoms with E-state index in [2.05, 4.69) is 0 Å². The number of aliphatic hydroxyl groups excluding tert-OH is 5. The van der Waals surface area contributed by atoms with E-state index in [0.717, 1.165) is 0 Å². The lowest BCUT2D eigenvalue weighted by molar-refractivity contribution is -0.151. The fourth-order valence-electron chi connectivity index (χ4n) is 1.84. The van der Waals surface area contributed by atoms with Gasteiger partial charge >= 0.3 is 0 Å². The zero-order valence-electron chi connectivity index (χ0n) is 10.7. The fourth-order valence-corrected chi connectivity index (χ4v) is 1.84. The predicted molar refractivity (Wildman–Crippen MR) is 65.9 cm³/mol. The van der Waals surface area contributed by atoms with Gasteiger partial charge in [-0.2, -0.15) is 0 Å². The summed E-state index contributed by atoms with van der Waals surface area (Å²) in [5.74, 6) is 0. The van der Waals surface area contributed by atoms with Gasteiger partial charge in [0.25, 0.3) is 0 Å². The molecule has 0 radical (unpaired) electrons. The minimum Gasteiger partial charge on any atom is -0.396 e. The molecule has 6 heteroatoms. The summed E-state index contributed by atoms with van der Waals surface area (Å²) in [5.41, 5.74) is -1.74. The van der Waals surface area contributed by atoms with E-state index in [1.54, 1.807) is 0 Å². The van der Waals surface area contributed by atoms with Crippen molar-refractivity contribution in [3.63, 3.8) is 0 Å². The molecular formula is C12H26O6. The first-order valence-corrected chi connectivity index (χ1v) is 6.43. The van der Waals surface area contributed by atoms with E-state index >= 15 is 0 Å². The Morgan fingerprint density at radius 2 is 1.39 bits per heavy atom. The van der Waals surface area contributed by atoms with E-state index in [0.29, 0.717) is 25.7 Å². The molecule has 0 aliphatic rings. The lowest BCUT2D eigenvalue weighted by Crippen LogP contribution is -2.51. The van der Waals surface area contributed by atoms with E-state index in [1.807, 2.05) is 0 Å². The Balaban J connectivity index is 4.23. The minimum atomic E-state index is -1.74. The van der Waals surface area contributed by atoms with E-state index in [9.17, 15) is 15.3 Å². The first-order chi connectivity index (χ1) is 8.51. The minimum absolute atomic E-state index is 0.0172. The number of hydrogen-bond acceptors (Lipinski definition) is 6. The Morgan fingerprint density at radius 3 is 1.89 bits per heavy atom. The summed E-state index contributed by atoms with van der Waals surface area (Å²) >= 11 is 0. The van der Waals surface area contributed by atoms with Crippen molar-refractivity contribution in [3.8, 4) is 0 Å². The standard InChI is InChI=1S/C12H26O6/c13-7-3-1-5-10(16)11(17)12(18,9-15)6-2-4-8-14/h10-11,13-18H,1-9H2/t10-,11+,12-/m1/s1. The van der Waals surface area contributed by atoms with E-state index in [4.69, 9.17) is 15.3 Å². The van der Waals surface area contributed by atoms with Gasteiger partial charge in [-0.15, -0.1) is 0 Å². The zero-order valence-corrected chi connectivity index (χ0v) is 10.7. The molecule has 110 valence electrons.